The Bertz CT molecular complexity index is 739. The molecule has 25 heavy (non-hydrogen) atoms. The van der Waals surface area contributed by atoms with Crippen LogP contribution in [0.5, 0.6) is 0 Å². The molecule has 3 fully saturated rings. The van der Waals surface area contributed by atoms with Crippen LogP contribution in [-0.2, 0) is 4.79 Å². The van der Waals surface area contributed by atoms with Crippen molar-refractivity contribution in [1.82, 2.24) is 0 Å². The van der Waals surface area contributed by atoms with Gasteiger partial charge < -0.3 is 0 Å². The molecule has 0 radical (unpaired) electrons. The smallest absolute Gasteiger partial charge is 0.133 e. The van der Waals surface area contributed by atoms with Crippen molar-refractivity contribution < 1.29 is 4.79 Å². The lowest BCUT2D eigenvalue weighted by Gasteiger charge is -2.57. The molecule has 5 aliphatic carbocycles. The van der Waals surface area contributed by atoms with Crippen LogP contribution in [-0.4, -0.2) is 5.78 Å². The van der Waals surface area contributed by atoms with Crippen molar-refractivity contribution in [2.75, 3.05) is 0 Å². The van der Waals surface area contributed by atoms with Crippen molar-refractivity contribution in [3.63, 3.8) is 0 Å². The first-order valence-corrected chi connectivity index (χ1v) is 10.4. The molecule has 3 saturated carbocycles. The predicted octanol–water partition coefficient (Wildman–Crippen LogP) is 5.73. The lowest BCUT2D eigenvalue weighted by atomic mass is 9.47. The van der Waals surface area contributed by atoms with E-state index in [1.807, 2.05) is 6.92 Å². The van der Waals surface area contributed by atoms with Gasteiger partial charge in [0.05, 0.1) is 0 Å². The van der Waals surface area contributed by atoms with Crippen molar-refractivity contribution in [2.24, 2.45) is 46.3 Å². The van der Waals surface area contributed by atoms with Gasteiger partial charge >= 0.3 is 0 Å². The second kappa shape index (κ2) is 4.78. The number of Topliss-reactive ketones (excluding diaryl/α,β-unsaturated/α-hetero) is 1. The van der Waals surface area contributed by atoms with Gasteiger partial charge in [-0.3, -0.25) is 4.79 Å². The van der Waals surface area contributed by atoms with E-state index in [2.05, 4.69) is 39.5 Å². The first-order valence-electron chi connectivity index (χ1n) is 10.4. The molecule has 8 unspecified atom stereocenters. The molecule has 0 aromatic rings. The third-order valence-electron chi connectivity index (χ3n) is 9.41. The molecule has 5 aliphatic rings. The Kier molecular flexibility index (Phi) is 3.08. The van der Waals surface area contributed by atoms with E-state index in [1.54, 1.807) is 5.57 Å². The zero-order chi connectivity index (χ0) is 17.7. The molecule has 0 N–H and O–H groups in total. The molecule has 0 amide bonds. The van der Waals surface area contributed by atoms with Crippen LogP contribution in [0.25, 0.3) is 0 Å². The molecular weight excluding hydrogens is 304 g/mol. The molecule has 1 nitrogen and oxygen atoms in total. The van der Waals surface area contributed by atoms with Crippen LogP contribution in [0.4, 0.5) is 0 Å². The SMILES string of the molecule is C=C1C=C2C(C)=CC3C4CCC(C(C)=O)C4(C)CCC3C2(C)C2CC12. The average Bonchev–Trinajstić information content (AvgIpc) is 3.27. The Morgan fingerprint density at radius 2 is 1.92 bits per heavy atom. The number of hydrogen-bond acceptors (Lipinski definition) is 1. The second-order valence-corrected chi connectivity index (χ2v) is 10.3. The molecule has 5 rings (SSSR count). The summed E-state index contributed by atoms with van der Waals surface area (Å²) in [7, 11) is 0. The maximum absolute atomic E-state index is 12.3. The van der Waals surface area contributed by atoms with Crippen LogP contribution in [0, 0.1) is 46.3 Å². The Morgan fingerprint density at radius 3 is 2.64 bits per heavy atom. The van der Waals surface area contributed by atoms with Gasteiger partial charge in [-0.2, -0.15) is 0 Å². The van der Waals surface area contributed by atoms with E-state index in [-0.39, 0.29) is 5.41 Å². The fraction of sp³-hybridized carbons (Fsp3) is 0.708. The summed E-state index contributed by atoms with van der Waals surface area (Å²) in [5.41, 5.74) is 5.07. The van der Waals surface area contributed by atoms with Gasteiger partial charge in [-0.1, -0.05) is 43.7 Å². The summed E-state index contributed by atoms with van der Waals surface area (Å²) < 4.78 is 0. The zero-order valence-corrected chi connectivity index (χ0v) is 16.3. The minimum atomic E-state index is 0.239. The maximum Gasteiger partial charge on any atom is 0.133 e. The molecular formula is C24H32O. The van der Waals surface area contributed by atoms with Crippen LogP contribution in [0.3, 0.4) is 0 Å². The number of rotatable bonds is 1. The Balaban J connectivity index is 1.60. The molecule has 0 aromatic carbocycles. The van der Waals surface area contributed by atoms with Crippen molar-refractivity contribution in [3.8, 4) is 0 Å². The van der Waals surface area contributed by atoms with Gasteiger partial charge in [0.15, 0.2) is 0 Å². The minimum absolute atomic E-state index is 0.239. The first kappa shape index (κ1) is 16.1. The summed E-state index contributed by atoms with van der Waals surface area (Å²) in [4.78, 5) is 12.3. The van der Waals surface area contributed by atoms with Gasteiger partial charge in [-0.15, -0.1) is 0 Å². The molecule has 0 saturated heterocycles. The highest BCUT2D eigenvalue weighted by atomic mass is 16.1. The van der Waals surface area contributed by atoms with E-state index in [9.17, 15) is 4.79 Å². The van der Waals surface area contributed by atoms with E-state index in [0.717, 1.165) is 24.2 Å². The molecule has 0 spiro atoms. The quantitative estimate of drug-likeness (QED) is 0.597. The minimum Gasteiger partial charge on any atom is -0.300 e. The largest absolute Gasteiger partial charge is 0.300 e. The summed E-state index contributed by atoms with van der Waals surface area (Å²) in [6, 6.07) is 0. The lowest BCUT2D eigenvalue weighted by Crippen LogP contribution is -2.50. The average molecular weight is 337 g/mol. The van der Waals surface area contributed by atoms with Crippen LogP contribution in [0.1, 0.15) is 59.8 Å². The Morgan fingerprint density at radius 1 is 1.16 bits per heavy atom. The first-order chi connectivity index (χ1) is 11.8. The molecule has 0 bridgehead atoms. The lowest BCUT2D eigenvalue weighted by molar-refractivity contribution is -0.126. The second-order valence-electron chi connectivity index (χ2n) is 10.3. The van der Waals surface area contributed by atoms with Crippen LogP contribution in [0.15, 0.2) is 35.5 Å². The van der Waals surface area contributed by atoms with Gasteiger partial charge in [-0.25, -0.2) is 0 Å². The highest BCUT2D eigenvalue weighted by molar-refractivity contribution is 5.79. The standard InChI is InChI=1S/C24H32O/c1-13-11-21-14(2)10-17-19-7-6-18(15(3)25)23(19,4)9-8-20(17)24(21,5)22-12-16(13)22/h10-11,16-20,22H,1,6-9,12H2,2-5H3. The molecule has 0 aromatic heterocycles. The van der Waals surface area contributed by atoms with Gasteiger partial charge in [0.1, 0.15) is 5.78 Å². The maximum atomic E-state index is 12.3. The van der Waals surface area contributed by atoms with Crippen molar-refractivity contribution in [2.45, 2.75) is 59.8 Å². The van der Waals surface area contributed by atoms with Gasteiger partial charge in [-0.05, 0) is 91.9 Å². The zero-order valence-electron chi connectivity index (χ0n) is 16.3. The third-order valence-corrected chi connectivity index (χ3v) is 9.41. The number of allylic oxidation sites excluding steroid dienone is 5. The fourth-order valence-electron chi connectivity index (χ4n) is 8.10. The van der Waals surface area contributed by atoms with Crippen LogP contribution < -0.4 is 0 Å². The van der Waals surface area contributed by atoms with Crippen molar-refractivity contribution >= 4 is 5.78 Å². The molecule has 0 aliphatic heterocycles. The molecule has 1 heteroatoms. The van der Waals surface area contributed by atoms with Crippen LogP contribution in [0.2, 0.25) is 0 Å². The fourth-order valence-corrected chi connectivity index (χ4v) is 8.10. The summed E-state index contributed by atoms with van der Waals surface area (Å²) in [5.74, 6) is 4.47. The number of hydrogen-bond donors (Lipinski definition) is 0. The van der Waals surface area contributed by atoms with Crippen molar-refractivity contribution in [1.29, 1.82) is 0 Å². The topological polar surface area (TPSA) is 17.1 Å². The highest BCUT2D eigenvalue weighted by Gasteiger charge is 2.64. The summed E-state index contributed by atoms with van der Waals surface area (Å²) in [6.45, 7) is 13.5. The van der Waals surface area contributed by atoms with E-state index in [0.29, 0.717) is 29.0 Å². The number of ketones is 1. The Labute approximate surface area is 152 Å². The summed E-state index contributed by atoms with van der Waals surface area (Å²) in [5, 5.41) is 0. The molecule has 8 atom stereocenters. The van der Waals surface area contributed by atoms with E-state index in [4.69, 9.17) is 0 Å². The van der Waals surface area contributed by atoms with Gasteiger partial charge in [0, 0.05) is 5.92 Å². The summed E-state index contributed by atoms with van der Waals surface area (Å²) in [6.07, 6.45) is 11.3. The molecule has 134 valence electrons. The molecule has 0 heterocycles. The van der Waals surface area contributed by atoms with E-state index in [1.165, 1.54) is 36.8 Å². The third kappa shape index (κ3) is 1.83. The predicted molar refractivity (Wildman–Crippen MR) is 102 cm³/mol. The van der Waals surface area contributed by atoms with E-state index >= 15 is 0 Å². The number of carbonyl (C=O) groups is 1. The summed E-state index contributed by atoms with van der Waals surface area (Å²) >= 11 is 0. The number of fused-ring (bicyclic) bond motifs is 7. The Hall–Kier alpha value is -1.11. The van der Waals surface area contributed by atoms with Crippen molar-refractivity contribution in [3.05, 3.63) is 35.5 Å². The van der Waals surface area contributed by atoms with E-state index < -0.39 is 0 Å². The normalized spacial score (nSPS) is 53.0. The van der Waals surface area contributed by atoms with Crippen LogP contribution >= 0.6 is 0 Å². The van der Waals surface area contributed by atoms with Gasteiger partial charge in [0.25, 0.3) is 0 Å². The van der Waals surface area contributed by atoms with Gasteiger partial charge in [0.2, 0.25) is 0 Å². The highest BCUT2D eigenvalue weighted by Crippen LogP contribution is 2.72. The monoisotopic (exact) mass is 336 g/mol. The number of carbonyl (C=O) groups excluding carboxylic acids is 1.